The number of aryl methyl sites for hydroxylation is 1. The third kappa shape index (κ3) is 3.36. The molecule has 4 nitrogen and oxygen atoms in total. The van der Waals surface area contributed by atoms with Gasteiger partial charge in [-0.25, -0.2) is 0 Å². The number of amides is 1. The quantitative estimate of drug-likeness (QED) is 0.323. The molecule has 1 amide bonds. The third-order valence-corrected chi connectivity index (χ3v) is 6.39. The van der Waals surface area contributed by atoms with Gasteiger partial charge in [0.2, 0.25) is 0 Å². The number of ether oxygens (including phenoxy) is 1. The molecule has 6 heteroatoms. The Kier molecular flexibility index (Phi) is 5.53. The van der Waals surface area contributed by atoms with E-state index in [1.54, 1.807) is 12.0 Å². The van der Waals surface area contributed by atoms with Gasteiger partial charge in [0.1, 0.15) is 4.32 Å². The summed E-state index contributed by atoms with van der Waals surface area (Å²) in [5.41, 5.74) is 3.47. The summed E-state index contributed by atoms with van der Waals surface area (Å²) in [6.07, 6.45) is 2.73. The van der Waals surface area contributed by atoms with Gasteiger partial charge in [0.05, 0.1) is 4.91 Å². The van der Waals surface area contributed by atoms with E-state index in [1.807, 2.05) is 6.08 Å². The summed E-state index contributed by atoms with van der Waals surface area (Å²) in [7, 11) is 1.66. The van der Waals surface area contributed by atoms with Crippen LogP contribution in [0.2, 0.25) is 0 Å². The predicted molar refractivity (Wildman–Crippen MR) is 121 cm³/mol. The van der Waals surface area contributed by atoms with Gasteiger partial charge in [0.15, 0.2) is 0 Å². The van der Waals surface area contributed by atoms with Crippen molar-refractivity contribution in [2.24, 2.45) is 0 Å². The van der Waals surface area contributed by atoms with Gasteiger partial charge in [-0.15, -0.1) is 0 Å². The number of nitrogens with zero attached hydrogens (tertiary/aromatic N) is 2. The zero-order valence-electron chi connectivity index (χ0n) is 16.0. The first-order valence-corrected chi connectivity index (χ1v) is 10.6. The summed E-state index contributed by atoms with van der Waals surface area (Å²) >= 11 is 6.78. The van der Waals surface area contributed by atoms with Gasteiger partial charge in [-0.3, -0.25) is 9.69 Å². The van der Waals surface area contributed by atoms with Gasteiger partial charge in [-0.2, -0.15) is 0 Å². The van der Waals surface area contributed by atoms with Gasteiger partial charge in [-0.1, -0.05) is 48.2 Å². The van der Waals surface area contributed by atoms with Crippen LogP contribution < -0.4 is 0 Å². The Balaban J connectivity index is 1.69. The largest absolute Gasteiger partial charge is 0.385 e. The molecule has 3 aromatic rings. The van der Waals surface area contributed by atoms with E-state index in [0.29, 0.717) is 22.4 Å². The van der Waals surface area contributed by atoms with Crippen molar-refractivity contribution in [2.45, 2.75) is 19.9 Å². The van der Waals surface area contributed by atoms with Crippen molar-refractivity contribution in [3.63, 3.8) is 0 Å². The number of thiocarbonyl (C=S) groups is 1. The van der Waals surface area contributed by atoms with Crippen LogP contribution in [0.5, 0.6) is 0 Å². The molecular formula is C22H22N2O2S2. The lowest BCUT2D eigenvalue weighted by Crippen LogP contribution is -2.29. The number of carbonyl (C=O) groups excluding carboxylic acids is 1. The molecule has 1 saturated heterocycles. The summed E-state index contributed by atoms with van der Waals surface area (Å²) in [5.74, 6) is -0.0119. The van der Waals surface area contributed by atoms with Crippen LogP contribution in [0.4, 0.5) is 0 Å². The molecule has 2 aromatic carbocycles. The van der Waals surface area contributed by atoms with E-state index in [0.717, 1.165) is 18.5 Å². The molecule has 1 aliphatic rings. The molecule has 0 spiro atoms. The summed E-state index contributed by atoms with van der Waals surface area (Å²) in [5, 5.41) is 2.45. The summed E-state index contributed by atoms with van der Waals surface area (Å²) in [4.78, 5) is 15.1. The van der Waals surface area contributed by atoms with Crippen LogP contribution >= 0.6 is 24.0 Å². The minimum absolute atomic E-state index is 0.0119. The van der Waals surface area contributed by atoms with E-state index < -0.39 is 0 Å². The number of carbonyl (C=O) groups is 1. The topological polar surface area (TPSA) is 34.5 Å². The number of rotatable bonds is 6. The molecular weight excluding hydrogens is 388 g/mol. The molecule has 0 atom stereocenters. The van der Waals surface area contributed by atoms with Gasteiger partial charge in [0.25, 0.3) is 5.91 Å². The van der Waals surface area contributed by atoms with Gasteiger partial charge >= 0.3 is 0 Å². The molecule has 1 fully saturated rings. The van der Waals surface area contributed by atoms with Crippen molar-refractivity contribution in [3.8, 4) is 0 Å². The number of para-hydroxylation sites is 1. The number of fused-ring (bicyclic) bond motifs is 3. The fourth-order valence-electron chi connectivity index (χ4n) is 3.71. The van der Waals surface area contributed by atoms with Crippen molar-refractivity contribution < 1.29 is 9.53 Å². The van der Waals surface area contributed by atoms with E-state index in [9.17, 15) is 4.79 Å². The first kappa shape index (κ1) is 19.2. The fourth-order valence-corrected chi connectivity index (χ4v) is 5.02. The highest BCUT2D eigenvalue weighted by Crippen LogP contribution is 2.34. The second-order valence-corrected chi connectivity index (χ2v) is 8.39. The molecule has 0 bridgehead atoms. The standard InChI is InChI=1S/C22H22N2O2S2/c1-3-23-18-8-5-4-7-16(18)17-13-15(9-10-19(17)23)14-20-21(25)24(22(27)28-20)11-6-12-26-2/h4-5,7-10,13-14H,3,6,11-12H2,1-2H3/b20-14+. The van der Waals surface area contributed by atoms with Crippen molar-refractivity contribution in [2.75, 3.05) is 20.3 Å². The molecule has 0 unspecified atom stereocenters. The van der Waals surface area contributed by atoms with Crippen molar-refractivity contribution in [1.29, 1.82) is 0 Å². The van der Waals surface area contributed by atoms with Gasteiger partial charge in [0, 0.05) is 48.6 Å². The number of thioether (sulfide) groups is 1. The predicted octanol–water partition coefficient (Wildman–Crippen LogP) is 5.05. The van der Waals surface area contributed by atoms with Crippen molar-refractivity contribution >= 4 is 62.1 Å². The summed E-state index contributed by atoms with van der Waals surface area (Å²) in [6.45, 7) is 4.30. The second-order valence-electron chi connectivity index (χ2n) is 6.72. The highest BCUT2D eigenvalue weighted by atomic mass is 32.2. The monoisotopic (exact) mass is 410 g/mol. The highest BCUT2D eigenvalue weighted by molar-refractivity contribution is 8.26. The number of hydrogen-bond acceptors (Lipinski definition) is 4. The van der Waals surface area contributed by atoms with Crippen LogP contribution in [0.15, 0.2) is 47.4 Å². The average Bonchev–Trinajstić information content (AvgIpc) is 3.16. The Hall–Kier alpha value is -2.15. The SMILES string of the molecule is CCn1c2ccccc2c2cc(/C=C3/SC(=S)N(CCCOC)C3=O)ccc21. The molecule has 0 saturated carbocycles. The van der Waals surface area contributed by atoms with Crippen LogP contribution in [-0.4, -0.2) is 40.0 Å². The number of aromatic nitrogens is 1. The van der Waals surface area contributed by atoms with Gasteiger partial charge in [-0.05, 0) is 43.2 Å². The van der Waals surface area contributed by atoms with Crippen LogP contribution in [0.1, 0.15) is 18.9 Å². The van der Waals surface area contributed by atoms with Gasteiger partial charge < -0.3 is 9.30 Å². The highest BCUT2D eigenvalue weighted by Gasteiger charge is 2.31. The molecule has 144 valence electrons. The van der Waals surface area contributed by atoms with Crippen LogP contribution in [0.25, 0.3) is 27.9 Å². The maximum Gasteiger partial charge on any atom is 0.266 e. The zero-order chi connectivity index (χ0) is 19.7. The zero-order valence-corrected chi connectivity index (χ0v) is 17.6. The lowest BCUT2D eigenvalue weighted by Gasteiger charge is -2.13. The maximum absolute atomic E-state index is 12.7. The molecule has 1 aromatic heterocycles. The molecule has 0 aliphatic carbocycles. The molecule has 1 aliphatic heterocycles. The Labute approximate surface area is 174 Å². The van der Waals surface area contributed by atoms with E-state index >= 15 is 0 Å². The Morgan fingerprint density at radius 2 is 1.93 bits per heavy atom. The lowest BCUT2D eigenvalue weighted by atomic mass is 10.1. The number of methoxy groups -OCH3 is 1. The normalized spacial score (nSPS) is 16.2. The minimum Gasteiger partial charge on any atom is -0.385 e. The summed E-state index contributed by atoms with van der Waals surface area (Å²) in [6, 6.07) is 14.8. The van der Waals surface area contributed by atoms with E-state index in [2.05, 4.69) is 54.0 Å². The van der Waals surface area contributed by atoms with E-state index in [-0.39, 0.29) is 5.91 Å². The Morgan fingerprint density at radius 1 is 1.14 bits per heavy atom. The number of benzene rings is 2. The molecule has 0 N–H and O–H groups in total. The summed E-state index contributed by atoms with van der Waals surface area (Å²) < 4.78 is 8.02. The average molecular weight is 411 g/mol. The van der Waals surface area contributed by atoms with Crippen LogP contribution in [0.3, 0.4) is 0 Å². The van der Waals surface area contributed by atoms with Crippen LogP contribution in [0, 0.1) is 0 Å². The first-order valence-electron chi connectivity index (χ1n) is 9.39. The van der Waals surface area contributed by atoms with Crippen molar-refractivity contribution in [3.05, 3.63) is 52.9 Å². The Bertz CT molecular complexity index is 1100. The number of hydrogen-bond donors (Lipinski definition) is 0. The van der Waals surface area contributed by atoms with E-state index in [4.69, 9.17) is 17.0 Å². The Morgan fingerprint density at radius 3 is 2.71 bits per heavy atom. The molecule has 0 radical (unpaired) electrons. The van der Waals surface area contributed by atoms with E-state index in [1.165, 1.54) is 33.6 Å². The fraction of sp³-hybridized carbons (Fsp3) is 0.273. The van der Waals surface area contributed by atoms with Crippen molar-refractivity contribution in [1.82, 2.24) is 9.47 Å². The lowest BCUT2D eigenvalue weighted by molar-refractivity contribution is -0.122. The smallest absolute Gasteiger partial charge is 0.266 e. The molecule has 2 heterocycles. The first-order chi connectivity index (χ1) is 13.6. The third-order valence-electron chi connectivity index (χ3n) is 5.01. The molecule has 28 heavy (non-hydrogen) atoms. The second kappa shape index (κ2) is 8.07. The maximum atomic E-state index is 12.7. The van der Waals surface area contributed by atoms with Crippen LogP contribution in [-0.2, 0) is 16.1 Å². The molecule has 4 rings (SSSR count). The minimum atomic E-state index is -0.0119.